The number of aryl methyl sites for hydroxylation is 1. The Morgan fingerprint density at radius 2 is 2.50 bits per heavy atom. The third-order valence-corrected chi connectivity index (χ3v) is 1.70. The van der Waals surface area contributed by atoms with Crippen LogP contribution < -0.4 is 0 Å². The van der Waals surface area contributed by atoms with E-state index in [2.05, 4.69) is 11.1 Å². The van der Waals surface area contributed by atoms with Crippen molar-refractivity contribution in [1.29, 1.82) is 0 Å². The molecule has 1 aromatic carbocycles. The van der Waals surface area contributed by atoms with Crippen LogP contribution in [0.15, 0.2) is 23.2 Å². The maximum absolute atomic E-state index is 4.25. The lowest BCUT2D eigenvalue weighted by atomic mass is 10.1. The Morgan fingerprint density at radius 1 is 1.50 bits per heavy atom. The van der Waals surface area contributed by atoms with Gasteiger partial charge < -0.3 is 0 Å². The summed E-state index contributed by atoms with van der Waals surface area (Å²) in [4.78, 5) is 4.25. The summed E-state index contributed by atoms with van der Waals surface area (Å²) in [6, 6.07) is 8.98. The summed E-state index contributed by atoms with van der Waals surface area (Å²) in [6.07, 6.45) is 4.17. The molecule has 1 radical (unpaired) electrons. The first-order valence-corrected chi connectivity index (χ1v) is 3.48. The van der Waals surface area contributed by atoms with E-state index < -0.39 is 0 Å². The molecule has 1 heteroatoms. The van der Waals surface area contributed by atoms with Gasteiger partial charge in [0.05, 0.1) is 5.69 Å². The Balaban J connectivity index is 2.54. The highest BCUT2D eigenvalue weighted by atomic mass is 14.7. The Hall–Kier alpha value is -1.11. The molecular formula is C9H8N. The fraction of sp³-hybridized carbons (Fsp3) is 0.222. The molecule has 10 heavy (non-hydrogen) atoms. The highest BCUT2D eigenvalue weighted by molar-refractivity contribution is 5.68. The van der Waals surface area contributed by atoms with Crippen molar-refractivity contribution in [3.8, 4) is 0 Å². The minimum absolute atomic E-state index is 1.07. The predicted octanol–water partition coefficient (Wildman–Crippen LogP) is 2.14. The van der Waals surface area contributed by atoms with Crippen LogP contribution in [0.4, 0.5) is 5.69 Å². The molecule has 49 valence electrons. The van der Waals surface area contributed by atoms with Crippen LogP contribution >= 0.6 is 0 Å². The molecule has 0 unspecified atom stereocenters. The van der Waals surface area contributed by atoms with E-state index in [0.717, 1.165) is 18.5 Å². The van der Waals surface area contributed by atoms with Crippen molar-refractivity contribution in [3.63, 3.8) is 0 Å². The summed E-state index contributed by atoms with van der Waals surface area (Å²) in [5, 5.41) is 0. The molecule has 0 spiro atoms. The van der Waals surface area contributed by atoms with Gasteiger partial charge in [0.1, 0.15) is 0 Å². The van der Waals surface area contributed by atoms with Gasteiger partial charge in [0, 0.05) is 6.21 Å². The zero-order valence-electron chi connectivity index (χ0n) is 5.67. The van der Waals surface area contributed by atoms with Crippen molar-refractivity contribution < 1.29 is 0 Å². The second-order valence-corrected chi connectivity index (χ2v) is 2.41. The second kappa shape index (κ2) is 2.25. The van der Waals surface area contributed by atoms with E-state index in [4.69, 9.17) is 0 Å². The lowest BCUT2D eigenvalue weighted by Crippen LogP contribution is -1.91. The fourth-order valence-corrected chi connectivity index (χ4v) is 1.17. The van der Waals surface area contributed by atoms with Crippen molar-refractivity contribution in [2.24, 2.45) is 4.99 Å². The van der Waals surface area contributed by atoms with Crippen molar-refractivity contribution in [1.82, 2.24) is 0 Å². The van der Waals surface area contributed by atoms with Gasteiger partial charge in [-0.15, -0.1) is 0 Å². The SMILES string of the molecule is [c]1ccc2c(c1)CCC=N2. The predicted molar refractivity (Wildman–Crippen MR) is 41.8 cm³/mol. The van der Waals surface area contributed by atoms with E-state index in [-0.39, 0.29) is 0 Å². The van der Waals surface area contributed by atoms with Crippen LogP contribution in [0.5, 0.6) is 0 Å². The van der Waals surface area contributed by atoms with E-state index in [9.17, 15) is 0 Å². The minimum Gasteiger partial charge on any atom is -0.261 e. The van der Waals surface area contributed by atoms with E-state index in [1.807, 2.05) is 24.4 Å². The van der Waals surface area contributed by atoms with Gasteiger partial charge in [-0.05, 0) is 36.6 Å². The van der Waals surface area contributed by atoms with Crippen molar-refractivity contribution >= 4 is 11.9 Å². The standard InChI is InChI=1S/C9H8N/c1-2-6-9-8(4-1)5-3-7-10-9/h2,4,6-7H,3,5H2. The first-order chi connectivity index (χ1) is 4.97. The number of nitrogens with zero attached hydrogens (tertiary/aromatic N) is 1. The highest BCUT2D eigenvalue weighted by Gasteiger charge is 2.01. The zero-order chi connectivity index (χ0) is 6.81. The van der Waals surface area contributed by atoms with Crippen LogP contribution in [0.1, 0.15) is 12.0 Å². The third-order valence-electron chi connectivity index (χ3n) is 1.70. The molecule has 0 fully saturated rings. The Morgan fingerprint density at radius 3 is 3.40 bits per heavy atom. The molecular weight excluding hydrogens is 122 g/mol. The lowest BCUT2D eigenvalue weighted by molar-refractivity contribution is 1.03. The molecule has 1 aliphatic heterocycles. The largest absolute Gasteiger partial charge is 0.261 e. The maximum Gasteiger partial charge on any atom is 0.0658 e. The Bertz CT molecular complexity index is 263. The lowest BCUT2D eigenvalue weighted by Gasteiger charge is -2.06. The summed E-state index contributed by atoms with van der Waals surface area (Å²) in [6.45, 7) is 0. The first-order valence-electron chi connectivity index (χ1n) is 3.48. The van der Waals surface area contributed by atoms with E-state index in [1.165, 1.54) is 5.56 Å². The average molecular weight is 130 g/mol. The van der Waals surface area contributed by atoms with Gasteiger partial charge in [-0.1, -0.05) is 6.07 Å². The number of hydrogen-bond donors (Lipinski definition) is 0. The summed E-state index contributed by atoms with van der Waals surface area (Å²) in [7, 11) is 0. The van der Waals surface area contributed by atoms with E-state index in [0.29, 0.717) is 0 Å². The van der Waals surface area contributed by atoms with Gasteiger partial charge in [0.25, 0.3) is 0 Å². The number of rotatable bonds is 0. The second-order valence-electron chi connectivity index (χ2n) is 2.41. The molecule has 0 aromatic heterocycles. The van der Waals surface area contributed by atoms with Crippen LogP contribution in [0.2, 0.25) is 0 Å². The Kier molecular flexibility index (Phi) is 1.28. The summed E-state index contributed by atoms with van der Waals surface area (Å²) in [5.74, 6) is 0. The van der Waals surface area contributed by atoms with Crippen molar-refractivity contribution in [2.45, 2.75) is 12.8 Å². The zero-order valence-corrected chi connectivity index (χ0v) is 5.67. The number of hydrogen-bond acceptors (Lipinski definition) is 1. The van der Waals surface area contributed by atoms with Gasteiger partial charge in [-0.3, -0.25) is 4.99 Å². The van der Waals surface area contributed by atoms with Gasteiger partial charge in [-0.25, -0.2) is 0 Å². The smallest absolute Gasteiger partial charge is 0.0658 e. The van der Waals surface area contributed by atoms with E-state index in [1.54, 1.807) is 0 Å². The molecule has 1 aliphatic rings. The number of benzene rings is 1. The van der Waals surface area contributed by atoms with Crippen LogP contribution in [-0.4, -0.2) is 6.21 Å². The summed E-state index contributed by atoms with van der Waals surface area (Å²) in [5.41, 5.74) is 2.44. The average Bonchev–Trinajstić information content (AvgIpc) is 2.05. The molecule has 0 amide bonds. The summed E-state index contributed by atoms with van der Waals surface area (Å²) >= 11 is 0. The molecule has 0 bridgehead atoms. The quantitative estimate of drug-likeness (QED) is 0.510. The molecule has 0 saturated heterocycles. The maximum atomic E-state index is 4.25. The molecule has 0 saturated carbocycles. The molecule has 0 N–H and O–H groups in total. The molecule has 0 atom stereocenters. The fourth-order valence-electron chi connectivity index (χ4n) is 1.17. The molecule has 1 aromatic rings. The minimum atomic E-state index is 1.07. The molecule has 2 rings (SSSR count). The van der Waals surface area contributed by atoms with Crippen LogP contribution in [-0.2, 0) is 6.42 Å². The normalized spacial score (nSPS) is 14.8. The molecule has 1 heterocycles. The highest BCUT2D eigenvalue weighted by Crippen LogP contribution is 2.22. The topological polar surface area (TPSA) is 12.4 Å². The van der Waals surface area contributed by atoms with Crippen LogP contribution in [0, 0.1) is 6.07 Å². The Labute approximate surface area is 60.4 Å². The number of fused-ring (bicyclic) bond motifs is 1. The third kappa shape index (κ3) is 0.838. The van der Waals surface area contributed by atoms with Gasteiger partial charge in [-0.2, -0.15) is 0 Å². The summed E-state index contributed by atoms with van der Waals surface area (Å²) < 4.78 is 0. The van der Waals surface area contributed by atoms with Gasteiger partial charge in [0.15, 0.2) is 0 Å². The first kappa shape index (κ1) is 5.66. The van der Waals surface area contributed by atoms with E-state index >= 15 is 0 Å². The monoisotopic (exact) mass is 130 g/mol. The molecule has 0 aliphatic carbocycles. The van der Waals surface area contributed by atoms with Crippen LogP contribution in [0.25, 0.3) is 0 Å². The van der Waals surface area contributed by atoms with Gasteiger partial charge >= 0.3 is 0 Å². The van der Waals surface area contributed by atoms with Crippen LogP contribution in [0.3, 0.4) is 0 Å². The van der Waals surface area contributed by atoms with Crippen molar-refractivity contribution in [2.75, 3.05) is 0 Å². The van der Waals surface area contributed by atoms with Gasteiger partial charge in [0.2, 0.25) is 0 Å². The molecule has 1 nitrogen and oxygen atoms in total. The van der Waals surface area contributed by atoms with Crippen molar-refractivity contribution in [3.05, 3.63) is 29.8 Å². The number of aliphatic imine (C=N–C) groups is 1.